The van der Waals surface area contributed by atoms with E-state index in [-0.39, 0.29) is 0 Å². The number of rotatable bonds is 4. The second kappa shape index (κ2) is 13.4. The Morgan fingerprint density at radius 1 is 0.339 bits per heavy atom. The summed E-state index contributed by atoms with van der Waals surface area (Å²) in [6, 6.07) is 66.9. The van der Waals surface area contributed by atoms with E-state index in [0.717, 1.165) is 36.6 Å². The van der Waals surface area contributed by atoms with Gasteiger partial charge in [-0.3, -0.25) is 4.98 Å². The van der Waals surface area contributed by atoms with Crippen LogP contribution in [0.1, 0.15) is 22.3 Å². The summed E-state index contributed by atoms with van der Waals surface area (Å²) in [5, 5.41) is 3.58. The average Bonchev–Trinajstić information content (AvgIpc) is 3.53. The Morgan fingerprint density at radius 2 is 0.768 bits per heavy atom. The van der Waals surface area contributed by atoms with Crippen LogP contribution in [-0.4, -0.2) is 4.98 Å². The van der Waals surface area contributed by atoms with E-state index in [4.69, 9.17) is 4.98 Å². The third-order valence-electron chi connectivity index (χ3n) is 11.8. The van der Waals surface area contributed by atoms with Crippen molar-refractivity contribution in [3.8, 4) is 22.3 Å². The number of anilines is 6. The van der Waals surface area contributed by atoms with Crippen LogP contribution in [0.15, 0.2) is 188 Å². The molecule has 0 bridgehead atoms. The number of hydrogen-bond donors (Lipinski definition) is 0. The fourth-order valence-corrected chi connectivity index (χ4v) is 9.27. The maximum absolute atomic E-state index is 5.21. The second-order valence-electron chi connectivity index (χ2n) is 15.0. The van der Waals surface area contributed by atoms with Gasteiger partial charge in [-0.2, -0.15) is 0 Å². The fraction of sp³-hybridized carbons (Fsp3) is 0.0755. The molecule has 2 aliphatic heterocycles. The van der Waals surface area contributed by atoms with Crippen molar-refractivity contribution in [2.45, 2.75) is 25.7 Å². The van der Waals surface area contributed by atoms with Crippen LogP contribution >= 0.6 is 0 Å². The summed E-state index contributed by atoms with van der Waals surface area (Å²) in [6.07, 6.45) is 5.93. The number of para-hydroxylation sites is 4. The van der Waals surface area contributed by atoms with Gasteiger partial charge in [0.25, 0.3) is 0 Å². The first-order valence-electron chi connectivity index (χ1n) is 19.7. The van der Waals surface area contributed by atoms with Gasteiger partial charge < -0.3 is 9.80 Å². The molecule has 3 nitrogen and oxygen atoms in total. The molecule has 0 unspecified atom stereocenters. The Bertz CT molecular complexity index is 2680. The van der Waals surface area contributed by atoms with E-state index >= 15 is 0 Å². The molecule has 0 saturated heterocycles. The van der Waals surface area contributed by atoms with E-state index in [1.54, 1.807) is 0 Å². The number of fused-ring (bicyclic) bond motifs is 6. The number of hydrogen-bond acceptors (Lipinski definition) is 3. The number of aromatic nitrogens is 1. The normalized spacial score (nSPS) is 13.4. The maximum Gasteiger partial charge on any atom is 0.0793 e. The van der Waals surface area contributed by atoms with Gasteiger partial charge in [0.05, 0.1) is 5.52 Å². The number of aryl methyl sites for hydroxylation is 4. The lowest BCUT2D eigenvalue weighted by molar-refractivity contribution is 0.978. The Labute approximate surface area is 327 Å². The molecule has 0 atom stereocenters. The van der Waals surface area contributed by atoms with Crippen LogP contribution < -0.4 is 9.80 Å². The third kappa shape index (κ3) is 5.31. The van der Waals surface area contributed by atoms with Gasteiger partial charge in [-0.1, -0.05) is 127 Å². The largest absolute Gasteiger partial charge is 0.310 e. The zero-order valence-corrected chi connectivity index (χ0v) is 31.1. The molecule has 0 N–H and O–H groups in total. The first kappa shape index (κ1) is 32.5. The summed E-state index contributed by atoms with van der Waals surface area (Å²) in [7, 11) is 0. The highest BCUT2D eigenvalue weighted by molar-refractivity contribution is 6.20. The van der Waals surface area contributed by atoms with Gasteiger partial charge in [0.2, 0.25) is 0 Å². The Morgan fingerprint density at radius 3 is 1.32 bits per heavy atom. The molecule has 0 radical (unpaired) electrons. The predicted octanol–water partition coefficient (Wildman–Crippen LogP) is 13.9. The lowest BCUT2D eigenvalue weighted by atomic mass is 9.87. The molecule has 0 spiro atoms. The van der Waals surface area contributed by atoms with Gasteiger partial charge in [0.1, 0.15) is 0 Å². The van der Waals surface area contributed by atoms with Crippen LogP contribution in [0.3, 0.4) is 0 Å². The SMILES string of the molecule is c1ccc(N2c3ccccc3CCc3ccc(-c4c5ccccc5c(-c5ccc6c(c5)N(c5ccccc5)c5ccccc5CC6)c5ncccc45)cc32)cc1. The van der Waals surface area contributed by atoms with Crippen molar-refractivity contribution < 1.29 is 0 Å². The molecular weight excluding hydrogens is 679 g/mol. The molecular formula is C53H39N3. The molecule has 2 aliphatic rings. The zero-order valence-electron chi connectivity index (χ0n) is 31.1. The molecule has 56 heavy (non-hydrogen) atoms. The van der Waals surface area contributed by atoms with Crippen LogP contribution in [0.4, 0.5) is 34.1 Å². The molecule has 0 amide bonds. The van der Waals surface area contributed by atoms with Crippen molar-refractivity contribution in [3.63, 3.8) is 0 Å². The second-order valence-corrected chi connectivity index (χ2v) is 15.0. The predicted molar refractivity (Wildman–Crippen MR) is 234 cm³/mol. The third-order valence-corrected chi connectivity index (χ3v) is 11.8. The lowest BCUT2D eigenvalue weighted by Gasteiger charge is -2.28. The van der Waals surface area contributed by atoms with Crippen LogP contribution in [0.25, 0.3) is 43.9 Å². The minimum Gasteiger partial charge on any atom is -0.310 e. The topological polar surface area (TPSA) is 19.4 Å². The van der Waals surface area contributed by atoms with Gasteiger partial charge >= 0.3 is 0 Å². The van der Waals surface area contributed by atoms with Crippen molar-refractivity contribution in [2.24, 2.45) is 0 Å². The van der Waals surface area contributed by atoms with Crippen molar-refractivity contribution in [1.29, 1.82) is 0 Å². The molecule has 0 aliphatic carbocycles. The number of nitrogens with zero attached hydrogens (tertiary/aromatic N) is 3. The summed E-state index contributed by atoms with van der Waals surface area (Å²) in [6.45, 7) is 0. The van der Waals surface area contributed by atoms with Gasteiger partial charge in [-0.25, -0.2) is 0 Å². The standard InChI is InChI=1S/C53H39N3/c1-3-16-42(17-4-1)55-47-23-11-7-14-36(47)25-27-38-29-31-40(34-49(38)55)51-44-20-9-10-21-45(44)52(53-46(51)22-13-33-54-53)41-32-30-39-28-26-37-15-8-12-24-48(37)56(50(39)35-41)43-18-5-2-6-19-43/h1-24,29-35H,25-28H2. The molecule has 11 rings (SSSR count). The zero-order chi connectivity index (χ0) is 37.0. The monoisotopic (exact) mass is 717 g/mol. The highest BCUT2D eigenvalue weighted by Gasteiger charge is 2.26. The number of pyridine rings is 1. The lowest BCUT2D eigenvalue weighted by Crippen LogP contribution is -2.12. The van der Waals surface area contributed by atoms with Gasteiger partial charge in [0.15, 0.2) is 0 Å². The Balaban J connectivity index is 1.14. The highest BCUT2D eigenvalue weighted by atomic mass is 15.2. The summed E-state index contributed by atoms with van der Waals surface area (Å²) in [5.41, 5.74) is 18.5. The summed E-state index contributed by atoms with van der Waals surface area (Å²) in [5.74, 6) is 0. The Kier molecular flexibility index (Phi) is 7.77. The average molecular weight is 718 g/mol. The van der Waals surface area contributed by atoms with E-state index in [0.29, 0.717) is 0 Å². The molecule has 8 aromatic carbocycles. The van der Waals surface area contributed by atoms with Gasteiger partial charge in [0, 0.05) is 51.3 Å². The highest BCUT2D eigenvalue weighted by Crippen LogP contribution is 2.49. The minimum absolute atomic E-state index is 0.984. The fourth-order valence-electron chi connectivity index (χ4n) is 9.27. The summed E-state index contributed by atoms with van der Waals surface area (Å²) < 4.78 is 0. The van der Waals surface area contributed by atoms with Crippen molar-refractivity contribution in [3.05, 3.63) is 210 Å². The van der Waals surface area contributed by atoms with Crippen molar-refractivity contribution in [2.75, 3.05) is 9.80 Å². The quantitative estimate of drug-likeness (QED) is 0.169. The van der Waals surface area contributed by atoms with E-state index < -0.39 is 0 Å². The van der Waals surface area contributed by atoms with Gasteiger partial charge in [-0.05, 0) is 130 Å². The number of benzene rings is 8. The van der Waals surface area contributed by atoms with E-state index in [1.165, 1.54) is 89.4 Å². The van der Waals surface area contributed by atoms with Crippen LogP contribution in [0.5, 0.6) is 0 Å². The van der Waals surface area contributed by atoms with E-state index in [9.17, 15) is 0 Å². The molecule has 3 heteroatoms. The molecule has 266 valence electrons. The first-order chi connectivity index (χ1) is 27.8. The Hall–Kier alpha value is -6.97. The first-order valence-corrected chi connectivity index (χ1v) is 19.7. The van der Waals surface area contributed by atoms with E-state index in [2.05, 4.69) is 192 Å². The van der Waals surface area contributed by atoms with Crippen molar-refractivity contribution in [1.82, 2.24) is 4.98 Å². The summed E-state index contributed by atoms with van der Waals surface area (Å²) in [4.78, 5) is 10.1. The van der Waals surface area contributed by atoms with Crippen molar-refractivity contribution >= 4 is 55.8 Å². The van der Waals surface area contributed by atoms with Crippen LogP contribution in [-0.2, 0) is 25.7 Å². The molecule has 3 heterocycles. The minimum atomic E-state index is 0.984. The molecule has 0 fully saturated rings. The smallest absolute Gasteiger partial charge is 0.0793 e. The molecule has 9 aromatic rings. The summed E-state index contributed by atoms with van der Waals surface area (Å²) >= 11 is 0. The maximum atomic E-state index is 5.21. The van der Waals surface area contributed by atoms with Gasteiger partial charge in [-0.15, -0.1) is 0 Å². The van der Waals surface area contributed by atoms with Crippen LogP contribution in [0, 0.1) is 0 Å². The molecule has 1 aromatic heterocycles. The van der Waals surface area contributed by atoms with Crippen LogP contribution in [0.2, 0.25) is 0 Å². The van der Waals surface area contributed by atoms with E-state index in [1.807, 2.05) is 6.20 Å². The molecule has 0 saturated carbocycles.